The van der Waals surface area contributed by atoms with Crippen molar-refractivity contribution in [2.75, 3.05) is 6.54 Å². The zero-order valence-corrected chi connectivity index (χ0v) is 11.1. The lowest BCUT2D eigenvalue weighted by Crippen LogP contribution is -2.41. The molecule has 3 nitrogen and oxygen atoms in total. The summed E-state index contributed by atoms with van der Waals surface area (Å²) in [6.07, 6.45) is 3.55. The lowest BCUT2D eigenvalue weighted by Gasteiger charge is -2.32. The summed E-state index contributed by atoms with van der Waals surface area (Å²) in [6.45, 7) is 8.60. The summed E-state index contributed by atoms with van der Waals surface area (Å²) in [4.78, 5) is 11.4. The van der Waals surface area contributed by atoms with E-state index in [2.05, 4.69) is 27.7 Å². The molecule has 0 aromatic heterocycles. The van der Waals surface area contributed by atoms with Gasteiger partial charge in [-0.05, 0) is 24.7 Å². The van der Waals surface area contributed by atoms with Gasteiger partial charge < -0.3 is 10.8 Å². The highest BCUT2D eigenvalue weighted by molar-refractivity contribution is 5.75. The number of carbonyl (C=O) groups is 1. The predicted octanol–water partition coefficient (Wildman–Crippen LogP) is 2.89. The van der Waals surface area contributed by atoms with E-state index in [0.29, 0.717) is 24.7 Å². The molecule has 96 valence electrons. The van der Waals surface area contributed by atoms with Crippen LogP contribution in [0.15, 0.2) is 0 Å². The van der Waals surface area contributed by atoms with Crippen molar-refractivity contribution in [2.45, 2.75) is 53.4 Å². The van der Waals surface area contributed by atoms with Crippen LogP contribution in [0, 0.1) is 17.3 Å². The third-order valence-corrected chi connectivity index (χ3v) is 3.16. The van der Waals surface area contributed by atoms with E-state index in [-0.39, 0.29) is 6.54 Å². The Morgan fingerprint density at radius 3 is 2.19 bits per heavy atom. The van der Waals surface area contributed by atoms with Crippen LogP contribution in [0.1, 0.15) is 53.4 Å². The van der Waals surface area contributed by atoms with E-state index in [1.54, 1.807) is 0 Å². The van der Waals surface area contributed by atoms with Crippen molar-refractivity contribution in [1.29, 1.82) is 0 Å². The first-order valence-corrected chi connectivity index (χ1v) is 6.31. The van der Waals surface area contributed by atoms with Crippen LogP contribution < -0.4 is 5.73 Å². The van der Waals surface area contributed by atoms with Crippen LogP contribution >= 0.6 is 0 Å². The van der Waals surface area contributed by atoms with Gasteiger partial charge in [0, 0.05) is 6.54 Å². The Morgan fingerprint density at radius 2 is 1.88 bits per heavy atom. The average Bonchev–Trinajstić information content (AvgIpc) is 2.15. The van der Waals surface area contributed by atoms with Gasteiger partial charge in [0.25, 0.3) is 0 Å². The van der Waals surface area contributed by atoms with Gasteiger partial charge in [-0.15, -0.1) is 0 Å². The first-order valence-electron chi connectivity index (χ1n) is 6.31. The van der Waals surface area contributed by atoms with Crippen LogP contribution in [-0.2, 0) is 4.79 Å². The topological polar surface area (TPSA) is 63.3 Å². The summed E-state index contributed by atoms with van der Waals surface area (Å²) in [5.74, 6) is 0.0727. The Bertz CT molecular complexity index is 216. The SMILES string of the molecule is CCCC(C)CC(CN)(CC(C)C)C(=O)O. The van der Waals surface area contributed by atoms with Gasteiger partial charge >= 0.3 is 5.97 Å². The number of aliphatic carboxylic acids is 1. The van der Waals surface area contributed by atoms with Crippen molar-refractivity contribution in [2.24, 2.45) is 23.0 Å². The molecule has 0 rings (SSSR count). The van der Waals surface area contributed by atoms with Crippen molar-refractivity contribution >= 4 is 5.97 Å². The highest BCUT2D eigenvalue weighted by Gasteiger charge is 2.38. The van der Waals surface area contributed by atoms with E-state index in [0.717, 1.165) is 12.8 Å². The molecule has 0 bridgehead atoms. The molecule has 0 aliphatic carbocycles. The molecule has 3 heteroatoms. The second kappa shape index (κ2) is 6.89. The van der Waals surface area contributed by atoms with Crippen molar-refractivity contribution in [3.63, 3.8) is 0 Å². The lowest BCUT2D eigenvalue weighted by atomic mass is 9.73. The molecule has 0 aromatic rings. The fourth-order valence-electron chi connectivity index (χ4n) is 2.56. The van der Waals surface area contributed by atoms with Crippen molar-refractivity contribution in [3.05, 3.63) is 0 Å². The van der Waals surface area contributed by atoms with Gasteiger partial charge in [0.05, 0.1) is 5.41 Å². The molecular weight excluding hydrogens is 202 g/mol. The summed E-state index contributed by atoms with van der Waals surface area (Å²) in [5.41, 5.74) is 5.00. The maximum absolute atomic E-state index is 11.4. The maximum atomic E-state index is 11.4. The van der Waals surface area contributed by atoms with Gasteiger partial charge in [-0.25, -0.2) is 0 Å². The van der Waals surface area contributed by atoms with Crippen molar-refractivity contribution < 1.29 is 9.90 Å². The molecule has 0 heterocycles. The second-order valence-electron chi connectivity index (χ2n) is 5.49. The third kappa shape index (κ3) is 4.52. The summed E-state index contributed by atoms with van der Waals surface area (Å²) in [6, 6.07) is 0. The molecule has 0 aliphatic rings. The third-order valence-electron chi connectivity index (χ3n) is 3.16. The summed E-state index contributed by atoms with van der Waals surface area (Å²) < 4.78 is 0. The highest BCUT2D eigenvalue weighted by atomic mass is 16.4. The Balaban J connectivity index is 4.69. The smallest absolute Gasteiger partial charge is 0.310 e. The number of carboxylic acids is 1. The molecule has 16 heavy (non-hydrogen) atoms. The molecule has 0 radical (unpaired) electrons. The first-order chi connectivity index (χ1) is 7.38. The number of nitrogens with two attached hydrogens (primary N) is 1. The molecule has 0 saturated carbocycles. The number of carboxylic acid groups (broad SMARTS) is 1. The zero-order chi connectivity index (χ0) is 12.8. The molecule has 0 saturated heterocycles. The Morgan fingerprint density at radius 1 is 1.31 bits per heavy atom. The normalized spacial score (nSPS) is 17.1. The predicted molar refractivity (Wildman–Crippen MR) is 67.3 cm³/mol. The Hall–Kier alpha value is -0.570. The largest absolute Gasteiger partial charge is 0.481 e. The van der Waals surface area contributed by atoms with Gasteiger partial charge in [0.15, 0.2) is 0 Å². The van der Waals surface area contributed by atoms with Crippen molar-refractivity contribution in [1.82, 2.24) is 0 Å². The van der Waals surface area contributed by atoms with Crippen LogP contribution in [-0.4, -0.2) is 17.6 Å². The number of hydrogen-bond donors (Lipinski definition) is 2. The van der Waals surface area contributed by atoms with Crippen molar-refractivity contribution in [3.8, 4) is 0 Å². The summed E-state index contributed by atoms with van der Waals surface area (Å²) in [5, 5.41) is 9.41. The van der Waals surface area contributed by atoms with E-state index in [9.17, 15) is 9.90 Å². The Kier molecular flexibility index (Phi) is 6.65. The average molecular weight is 229 g/mol. The summed E-state index contributed by atoms with van der Waals surface area (Å²) >= 11 is 0. The standard InChI is InChI=1S/C13H27NO2/c1-5-6-11(4)8-13(9-14,12(15)16)7-10(2)3/h10-11H,5-9,14H2,1-4H3,(H,15,16). The zero-order valence-electron chi connectivity index (χ0n) is 11.1. The van der Waals surface area contributed by atoms with E-state index in [4.69, 9.17) is 5.73 Å². The van der Waals surface area contributed by atoms with Crippen LogP contribution in [0.2, 0.25) is 0 Å². The molecule has 2 unspecified atom stereocenters. The molecule has 2 atom stereocenters. The number of hydrogen-bond acceptors (Lipinski definition) is 2. The highest BCUT2D eigenvalue weighted by Crippen LogP contribution is 2.34. The first kappa shape index (κ1) is 15.4. The minimum Gasteiger partial charge on any atom is -0.481 e. The quantitative estimate of drug-likeness (QED) is 0.672. The van der Waals surface area contributed by atoms with Crippen LogP contribution in [0.4, 0.5) is 0 Å². The molecule has 0 aromatic carbocycles. The van der Waals surface area contributed by atoms with Gasteiger partial charge in [-0.2, -0.15) is 0 Å². The van der Waals surface area contributed by atoms with E-state index in [1.165, 1.54) is 0 Å². The van der Waals surface area contributed by atoms with Gasteiger partial charge in [0.1, 0.15) is 0 Å². The van der Waals surface area contributed by atoms with Crippen LogP contribution in [0.5, 0.6) is 0 Å². The Labute approximate surface area is 99.4 Å². The maximum Gasteiger partial charge on any atom is 0.310 e. The number of rotatable bonds is 8. The second-order valence-corrected chi connectivity index (χ2v) is 5.49. The molecule has 3 N–H and O–H groups in total. The fraction of sp³-hybridized carbons (Fsp3) is 0.923. The minimum atomic E-state index is -0.730. The molecule has 0 spiro atoms. The van der Waals surface area contributed by atoms with E-state index >= 15 is 0 Å². The molecule has 0 aliphatic heterocycles. The minimum absolute atomic E-state index is 0.245. The van der Waals surface area contributed by atoms with E-state index in [1.807, 2.05) is 0 Å². The molecular formula is C13H27NO2. The van der Waals surface area contributed by atoms with Crippen LogP contribution in [0.3, 0.4) is 0 Å². The van der Waals surface area contributed by atoms with Gasteiger partial charge in [0.2, 0.25) is 0 Å². The van der Waals surface area contributed by atoms with Gasteiger partial charge in [-0.1, -0.05) is 40.5 Å². The van der Waals surface area contributed by atoms with Crippen LogP contribution in [0.25, 0.3) is 0 Å². The molecule has 0 fully saturated rings. The fourth-order valence-corrected chi connectivity index (χ4v) is 2.56. The monoisotopic (exact) mass is 229 g/mol. The summed E-state index contributed by atoms with van der Waals surface area (Å²) in [7, 11) is 0. The van der Waals surface area contributed by atoms with Gasteiger partial charge in [-0.3, -0.25) is 4.79 Å². The van der Waals surface area contributed by atoms with E-state index < -0.39 is 11.4 Å². The lowest BCUT2D eigenvalue weighted by molar-refractivity contribution is -0.150. The molecule has 0 amide bonds.